The Kier molecular flexibility index (Phi) is 4.79. The number of benzene rings is 2. The Morgan fingerprint density at radius 2 is 2.04 bits per heavy atom. The highest BCUT2D eigenvalue weighted by Gasteiger charge is 2.31. The van der Waals surface area contributed by atoms with Crippen molar-refractivity contribution in [2.24, 2.45) is 0 Å². The largest absolute Gasteiger partial charge is 0.487 e. The molecule has 8 heteroatoms. The van der Waals surface area contributed by atoms with Gasteiger partial charge in [-0.1, -0.05) is 17.7 Å². The summed E-state index contributed by atoms with van der Waals surface area (Å²) in [5.74, 6) is -0.0818. The Hall–Kier alpha value is -2.28. The van der Waals surface area contributed by atoms with Crippen LogP contribution in [0, 0.1) is 16.2 Å². The number of alkyl halides is 3. The van der Waals surface area contributed by atoms with Crippen LogP contribution in [0.5, 0.6) is 5.75 Å². The van der Waals surface area contributed by atoms with Gasteiger partial charge in [0.15, 0.2) is 0 Å². The normalized spacial score (nSPS) is 11.3. The first-order valence-corrected chi connectivity index (χ1v) is 6.82. The van der Waals surface area contributed by atoms with Gasteiger partial charge in [-0.05, 0) is 31.2 Å². The van der Waals surface area contributed by atoms with Crippen LogP contribution in [0.4, 0.5) is 18.9 Å². The van der Waals surface area contributed by atoms with E-state index in [0.29, 0.717) is 0 Å². The van der Waals surface area contributed by atoms with E-state index in [2.05, 4.69) is 6.07 Å². The molecular formula is C15H10ClF3NO3. The van der Waals surface area contributed by atoms with Crippen LogP contribution in [0.25, 0.3) is 11.1 Å². The summed E-state index contributed by atoms with van der Waals surface area (Å²) in [6, 6.07) is 7.99. The van der Waals surface area contributed by atoms with E-state index >= 15 is 0 Å². The number of rotatable bonds is 4. The highest BCUT2D eigenvalue weighted by atomic mass is 35.5. The summed E-state index contributed by atoms with van der Waals surface area (Å²) in [4.78, 5) is 10.4. The average Bonchev–Trinajstić information content (AvgIpc) is 2.46. The Bertz CT molecular complexity index is 747. The van der Waals surface area contributed by atoms with E-state index in [-0.39, 0.29) is 34.2 Å². The lowest BCUT2D eigenvalue weighted by Gasteiger charge is -2.13. The molecule has 1 radical (unpaired) electrons. The molecule has 0 N–H and O–H groups in total. The van der Waals surface area contributed by atoms with E-state index in [1.807, 2.05) is 0 Å². The third kappa shape index (κ3) is 3.56. The molecule has 2 aromatic rings. The zero-order valence-electron chi connectivity index (χ0n) is 11.8. The minimum Gasteiger partial charge on any atom is -0.487 e. The van der Waals surface area contributed by atoms with E-state index in [1.54, 1.807) is 6.92 Å². The number of hydrogen-bond donors (Lipinski definition) is 0. The molecule has 0 heterocycles. The summed E-state index contributed by atoms with van der Waals surface area (Å²) in [6.45, 7) is 1.78. The molecule has 0 saturated heterocycles. The van der Waals surface area contributed by atoms with Crippen molar-refractivity contribution >= 4 is 17.3 Å². The number of hydrogen-bond acceptors (Lipinski definition) is 3. The van der Waals surface area contributed by atoms with E-state index in [1.165, 1.54) is 12.1 Å². The van der Waals surface area contributed by atoms with Crippen LogP contribution in [-0.4, -0.2) is 11.5 Å². The highest BCUT2D eigenvalue weighted by Crippen LogP contribution is 2.42. The van der Waals surface area contributed by atoms with Crippen molar-refractivity contribution in [3.8, 4) is 16.9 Å². The fourth-order valence-corrected chi connectivity index (χ4v) is 2.28. The number of nitro groups is 1. The lowest BCUT2D eigenvalue weighted by Crippen LogP contribution is -2.05. The molecular weight excluding hydrogens is 335 g/mol. The van der Waals surface area contributed by atoms with Gasteiger partial charge in [0, 0.05) is 22.2 Å². The van der Waals surface area contributed by atoms with Crippen LogP contribution < -0.4 is 4.74 Å². The van der Waals surface area contributed by atoms with E-state index < -0.39 is 16.7 Å². The first-order chi connectivity index (χ1) is 10.8. The van der Waals surface area contributed by atoms with Crippen LogP contribution in [0.2, 0.25) is 5.02 Å². The van der Waals surface area contributed by atoms with Gasteiger partial charge in [0.25, 0.3) is 0 Å². The number of halogens is 4. The van der Waals surface area contributed by atoms with Gasteiger partial charge in [-0.2, -0.15) is 13.2 Å². The molecule has 23 heavy (non-hydrogen) atoms. The maximum Gasteiger partial charge on any atom is 0.416 e. The summed E-state index contributed by atoms with van der Waals surface area (Å²) >= 11 is 5.93. The van der Waals surface area contributed by atoms with Crippen LogP contribution in [-0.2, 0) is 6.18 Å². The van der Waals surface area contributed by atoms with Gasteiger partial charge >= 0.3 is 11.9 Å². The standard InChI is InChI=1S/C15H10ClF3NO3/c1-2-23-14-11(4-3-5-13(14)20(21)22)10-7-6-9(8-12(10)16)15(17,18)19/h3,5-8H,2H2,1H3. The Morgan fingerprint density at radius 3 is 2.57 bits per heavy atom. The highest BCUT2D eigenvalue weighted by molar-refractivity contribution is 6.33. The second-order valence-corrected chi connectivity index (χ2v) is 4.86. The van der Waals surface area contributed by atoms with Gasteiger partial charge in [-0.3, -0.25) is 10.1 Å². The maximum atomic E-state index is 12.7. The van der Waals surface area contributed by atoms with Crippen molar-refractivity contribution in [2.75, 3.05) is 6.61 Å². The molecule has 0 spiro atoms. The average molecular weight is 345 g/mol. The van der Waals surface area contributed by atoms with Crippen LogP contribution in [0.3, 0.4) is 0 Å². The monoisotopic (exact) mass is 344 g/mol. The molecule has 0 aliphatic rings. The van der Waals surface area contributed by atoms with Crippen molar-refractivity contribution in [3.63, 3.8) is 0 Å². The number of nitro benzene ring substituents is 1. The zero-order valence-corrected chi connectivity index (χ0v) is 12.5. The minimum absolute atomic E-state index is 0.0818. The molecule has 2 aromatic carbocycles. The molecule has 0 unspecified atom stereocenters. The van der Waals surface area contributed by atoms with E-state index in [4.69, 9.17) is 16.3 Å². The van der Waals surface area contributed by atoms with Crippen molar-refractivity contribution in [1.82, 2.24) is 0 Å². The first-order valence-electron chi connectivity index (χ1n) is 6.44. The summed E-state index contributed by atoms with van der Waals surface area (Å²) < 4.78 is 43.4. The molecule has 0 aliphatic carbocycles. The summed E-state index contributed by atoms with van der Waals surface area (Å²) in [6.07, 6.45) is -4.53. The Balaban J connectivity index is 2.63. The zero-order chi connectivity index (χ0) is 17.2. The van der Waals surface area contributed by atoms with E-state index in [9.17, 15) is 23.3 Å². The lowest BCUT2D eigenvalue weighted by molar-refractivity contribution is -0.385. The molecule has 0 bridgehead atoms. The van der Waals surface area contributed by atoms with Crippen molar-refractivity contribution in [2.45, 2.75) is 13.1 Å². The summed E-state index contributed by atoms with van der Waals surface area (Å²) in [5, 5.41) is 10.9. The molecule has 0 atom stereocenters. The Morgan fingerprint density at radius 1 is 1.35 bits per heavy atom. The second-order valence-electron chi connectivity index (χ2n) is 4.45. The number of ether oxygens (including phenoxy) is 1. The molecule has 0 amide bonds. The van der Waals surface area contributed by atoms with Gasteiger partial charge in [-0.25, -0.2) is 0 Å². The third-order valence-corrected chi connectivity index (χ3v) is 3.29. The van der Waals surface area contributed by atoms with Crippen molar-refractivity contribution in [1.29, 1.82) is 0 Å². The van der Waals surface area contributed by atoms with Gasteiger partial charge in [0.1, 0.15) is 0 Å². The molecule has 0 fully saturated rings. The van der Waals surface area contributed by atoms with Gasteiger partial charge < -0.3 is 4.74 Å². The van der Waals surface area contributed by atoms with E-state index in [0.717, 1.165) is 18.2 Å². The molecule has 0 aliphatic heterocycles. The number of nitrogens with zero attached hydrogens (tertiary/aromatic N) is 1. The van der Waals surface area contributed by atoms with Crippen molar-refractivity contribution in [3.05, 3.63) is 57.1 Å². The third-order valence-electron chi connectivity index (χ3n) is 2.98. The molecule has 0 aromatic heterocycles. The van der Waals surface area contributed by atoms with Gasteiger partial charge in [0.05, 0.1) is 17.1 Å². The fourth-order valence-electron chi connectivity index (χ4n) is 2.00. The van der Waals surface area contributed by atoms with Crippen LogP contribution in [0.15, 0.2) is 30.3 Å². The smallest absolute Gasteiger partial charge is 0.416 e. The topological polar surface area (TPSA) is 52.4 Å². The summed E-state index contributed by atoms with van der Waals surface area (Å²) in [5.41, 5.74) is -0.905. The SMILES string of the molecule is CCOc1c(-c2ccc(C(F)(F)F)cc2Cl)[c]ccc1[N+](=O)[O-]. The second kappa shape index (κ2) is 6.45. The fraction of sp³-hybridized carbons (Fsp3) is 0.200. The predicted molar refractivity (Wildman–Crippen MR) is 78.5 cm³/mol. The lowest BCUT2D eigenvalue weighted by atomic mass is 10.0. The predicted octanol–water partition coefficient (Wildman–Crippen LogP) is 5.13. The molecule has 121 valence electrons. The van der Waals surface area contributed by atoms with Crippen LogP contribution in [0.1, 0.15) is 12.5 Å². The molecule has 2 rings (SSSR count). The summed E-state index contributed by atoms with van der Waals surface area (Å²) in [7, 11) is 0. The van der Waals surface area contributed by atoms with Crippen LogP contribution >= 0.6 is 11.6 Å². The maximum absolute atomic E-state index is 12.7. The first kappa shape index (κ1) is 17.1. The minimum atomic E-state index is -4.53. The van der Waals surface area contributed by atoms with Gasteiger partial charge in [0.2, 0.25) is 5.75 Å². The van der Waals surface area contributed by atoms with Gasteiger partial charge in [-0.15, -0.1) is 0 Å². The van der Waals surface area contributed by atoms with Crippen molar-refractivity contribution < 1.29 is 22.8 Å². The quantitative estimate of drug-likeness (QED) is 0.570. The molecule has 0 saturated carbocycles. The molecule has 4 nitrogen and oxygen atoms in total. The Labute approximate surface area is 134 Å².